The number of carbonyl (C=O) groups excluding carboxylic acids is 1. The maximum Gasteiger partial charge on any atom is 0.244 e. The van der Waals surface area contributed by atoms with Crippen LogP contribution in [0.25, 0.3) is 0 Å². The van der Waals surface area contributed by atoms with Gasteiger partial charge in [-0.05, 0) is 36.8 Å². The molecule has 0 radical (unpaired) electrons. The number of amides is 1. The van der Waals surface area contributed by atoms with E-state index in [1.807, 2.05) is 17.5 Å². The van der Waals surface area contributed by atoms with E-state index in [0.29, 0.717) is 29.4 Å². The van der Waals surface area contributed by atoms with E-state index in [2.05, 4.69) is 11.4 Å². The molecule has 1 amide bonds. The fourth-order valence-electron chi connectivity index (χ4n) is 2.25. The van der Waals surface area contributed by atoms with E-state index in [0.717, 1.165) is 18.5 Å². The van der Waals surface area contributed by atoms with Crippen molar-refractivity contribution in [2.75, 3.05) is 17.7 Å². The van der Waals surface area contributed by atoms with Gasteiger partial charge in [-0.3, -0.25) is 4.79 Å². The maximum atomic E-state index is 12.0. The predicted octanol–water partition coefficient (Wildman–Crippen LogP) is 3.13. The van der Waals surface area contributed by atoms with Crippen LogP contribution >= 0.6 is 23.4 Å². The minimum atomic E-state index is -0.459. The average molecular weight is 351 g/mol. The monoisotopic (exact) mass is 350 g/mol. The van der Waals surface area contributed by atoms with Crippen LogP contribution in [0.5, 0.6) is 0 Å². The van der Waals surface area contributed by atoms with Crippen molar-refractivity contribution in [2.24, 2.45) is 5.73 Å². The summed E-state index contributed by atoms with van der Waals surface area (Å²) in [6, 6.07) is 6.97. The van der Waals surface area contributed by atoms with Crippen molar-refractivity contribution >= 4 is 35.0 Å². The van der Waals surface area contributed by atoms with Crippen molar-refractivity contribution in [2.45, 2.75) is 25.3 Å². The van der Waals surface area contributed by atoms with Gasteiger partial charge in [0.2, 0.25) is 5.91 Å². The van der Waals surface area contributed by atoms with Crippen LogP contribution in [0.4, 0.5) is 5.69 Å². The summed E-state index contributed by atoms with van der Waals surface area (Å²) in [6.07, 6.45) is 4.13. The number of hydrogen-bond acceptors (Lipinski definition) is 5. The molecule has 23 heavy (non-hydrogen) atoms. The number of hydrogen-bond donors (Lipinski definition) is 2. The van der Waals surface area contributed by atoms with Gasteiger partial charge < -0.3 is 16.0 Å². The Balaban J connectivity index is 1.70. The molecule has 1 aliphatic rings. The molecule has 5 nitrogen and oxygen atoms in total. The molecule has 1 heterocycles. The zero-order chi connectivity index (χ0) is 16.7. The molecule has 3 N–H and O–H groups in total. The first-order valence-electron chi connectivity index (χ1n) is 7.40. The van der Waals surface area contributed by atoms with Crippen LogP contribution in [0.2, 0.25) is 5.02 Å². The van der Waals surface area contributed by atoms with Gasteiger partial charge in [0.15, 0.2) is 0 Å². The first-order valence-corrected chi connectivity index (χ1v) is 8.83. The summed E-state index contributed by atoms with van der Waals surface area (Å²) in [6.45, 7) is 0.704. The van der Waals surface area contributed by atoms with Crippen LogP contribution in [0.1, 0.15) is 24.8 Å². The van der Waals surface area contributed by atoms with Gasteiger partial charge in [-0.15, -0.1) is 11.8 Å². The normalized spacial score (nSPS) is 14.6. The van der Waals surface area contributed by atoms with Crippen molar-refractivity contribution in [1.29, 1.82) is 5.26 Å². The van der Waals surface area contributed by atoms with Crippen molar-refractivity contribution in [3.63, 3.8) is 0 Å². The van der Waals surface area contributed by atoms with Crippen LogP contribution in [0, 0.1) is 11.3 Å². The molecular weight excluding hydrogens is 332 g/mol. The topological polar surface area (TPSA) is 82.1 Å². The average Bonchev–Trinajstić information content (AvgIpc) is 3.08. The summed E-state index contributed by atoms with van der Waals surface area (Å²) < 4.78 is 0. The Bertz CT molecular complexity index is 629. The van der Waals surface area contributed by atoms with E-state index < -0.39 is 6.04 Å². The molecule has 122 valence electrons. The second-order valence-electron chi connectivity index (χ2n) is 5.19. The number of anilines is 1. The third-order valence-electron chi connectivity index (χ3n) is 3.53. The fourth-order valence-corrected chi connectivity index (χ4v) is 3.16. The fraction of sp³-hybridized carbons (Fsp3) is 0.375. The minimum Gasteiger partial charge on any atom is -0.384 e. The highest BCUT2D eigenvalue weighted by molar-refractivity contribution is 8.02. The number of thioether (sulfide) groups is 1. The number of carbonyl (C=O) groups is 1. The van der Waals surface area contributed by atoms with Crippen LogP contribution in [0.3, 0.4) is 0 Å². The Morgan fingerprint density at radius 2 is 2.35 bits per heavy atom. The van der Waals surface area contributed by atoms with Crippen LogP contribution in [-0.2, 0) is 4.79 Å². The van der Waals surface area contributed by atoms with Gasteiger partial charge in [0.25, 0.3) is 0 Å². The lowest BCUT2D eigenvalue weighted by Gasteiger charge is -2.18. The number of nitrogens with zero attached hydrogens (tertiary/aromatic N) is 2. The molecule has 0 spiro atoms. The Labute approximate surface area is 145 Å². The van der Waals surface area contributed by atoms with Gasteiger partial charge in [-0.1, -0.05) is 17.7 Å². The molecule has 0 aromatic heterocycles. The molecule has 1 unspecified atom stereocenters. The van der Waals surface area contributed by atoms with E-state index in [4.69, 9.17) is 22.6 Å². The lowest BCUT2D eigenvalue weighted by molar-refractivity contribution is -0.129. The third-order valence-corrected chi connectivity index (χ3v) is 4.59. The third kappa shape index (κ3) is 4.90. The van der Waals surface area contributed by atoms with Crippen LogP contribution in [0.15, 0.2) is 29.8 Å². The molecule has 0 aliphatic carbocycles. The van der Waals surface area contributed by atoms with E-state index in [1.54, 1.807) is 28.9 Å². The Morgan fingerprint density at radius 3 is 3.04 bits per heavy atom. The number of nitrogens with one attached hydrogen (secondary N) is 1. The summed E-state index contributed by atoms with van der Waals surface area (Å²) in [5.41, 5.74) is 7.13. The molecule has 2 rings (SSSR count). The summed E-state index contributed by atoms with van der Waals surface area (Å²) in [4.78, 5) is 13.7. The number of nitriles is 1. The van der Waals surface area contributed by atoms with E-state index in [-0.39, 0.29) is 5.91 Å². The summed E-state index contributed by atoms with van der Waals surface area (Å²) in [5.74, 6) is 0.626. The molecule has 1 aliphatic heterocycles. The predicted molar refractivity (Wildman–Crippen MR) is 94.9 cm³/mol. The van der Waals surface area contributed by atoms with Crippen molar-refractivity contribution < 1.29 is 4.79 Å². The van der Waals surface area contributed by atoms with Crippen LogP contribution in [-0.4, -0.2) is 29.3 Å². The molecule has 1 aromatic rings. The standard InChI is InChI=1S/C16H19ClN4OS/c17-13-4-3-6-15(12(13)10-18)20-7-2-1-5-14(19)16(22)21-8-9-23-11-21/h3-4,6,8-9,14,20H,1-2,5,7,11,19H2. The molecule has 0 saturated carbocycles. The number of benzene rings is 1. The quantitative estimate of drug-likeness (QED) is 0.738. The van der Waals surface area contributed by atoms with Gasteiger partial charge in [0.1, 0.15) is 6.07 Å². The van der Waals surface area contributed by atoms with E-state index >= 15 is 0 Å². The van der Waals surface area contributed by atoms with Crippen molar-refractivity contribution in [1.82, 2.24) is 4.90 Å². The van der Waals surface area contributed by atoms with Crippen LogP contribution < -0.4 is 11.1 Å². The lowest BCUT2D eigenvalue weighted by Crippen LogP contribution is -2.40. The second-order valence-corrected chi connectivity index (χ2v) is 6.46. The smallest absolute Gasteiger partial charge is 0.244 e. The van der Waals surface area contributed by atoms with Gasteiger partial charge in [-0.2, -0.15) is 5.26 Å². The number of halogens is 1. The van der Waals surface area contributed by atoms with E-state index in [1.165, 1.54) is 0 Å². The molecule has 1 aromatic carbocycles. The van der Waals surface area contributed by atoms with Gasteiger partial charge in [0, 0.05) is 12.7 Å². The zero-order valence-corrected chi connectivity index (χ0v) is 14.2. The first-order chi connectivity index (χ1) is 11.1. The SMILES string of the molecule is N#Cc1c(Cl)cccc1NCCCCC(N)C(=O)N1C=CSC1. The molecule has 0 bridgehead atoms. The molecule has 0 fully saturated rings. The molecule has 7 heteroatoms. The van der Waals surface area contributed by atoms with Gasteiger partial charge in [-0.25, -0.2) is 0 Å². The molecule has 0 saturated heterocycles. The zero-order valence-electron chi connectivity index (χ0n) is 12.7. The summed E-state index contributed by atoms with van der Waals surface area (Å²) in [5, 5.41) is 14.6. The Hall–Kier alpha value is -1.68. The molecule has 1 atom stereocenters. The highest BCUT2D eigenvalue weighted by Crippen LogP contribution is 2.23. The summed E-state index contributed by atoms with van der Waals surface area (Å²) >= 11 is 7.56. The van der Waals surface area contributed by atoms with Crippen molar-refractivity contribution in [3.05, 3.63) is 40.4 Å². The number of nitrogens with two attached hydrogens (primary N) is 1. The number of rotatable bonds is 7. The largest absolute Gasteiger partial charge is 0.384 e. The summed E-state index contributed by atoms with van der Waals surface area (Å²) in [7, 11) is 0. The highest BCUT2D eigenvalue weighted by Gasteiger charge is 2.20. The highest BCUT2D eigenvalue weighted by atomic mass is 35.5. The minimum absolute atomic E-state index is 0.0270. The number of unbranched alkanes of at least 4 members (excludes halogenated alkanes) is 1. The van der Waals surface area contributed by atoms with Gasteiger partial charge in [0.05, 0.1) is 28.2 Å². The maximum absolute atomic E-state index is 12.0. The van der Waals surface area contributed by atoms with E-state index in [9.17, 15) is 4.79 Å². The van der Waals surface area contributed by atoms with Crippen molar-refractivity contribution in [3.8, 4) is 6.07 Å². The first kappa shape index (κ1) is 17.7. The lowest BCUT2D eigenvalue weighted by atomic mass is 10.1. The Kier molecular flexibility index (Phi) is 6.78. The molecular formula is C16H19ClN4OS. The van der Waals surface area contributed by atoms with Gasteiger partial charge >= 0.3 is 0 Å². The Morgan fingerprint density at radius 1 is 1.52 bits per heavy atom. The second kappa shape index (κ2) is 8.82.